The van der Waals surface area contributed by atoms with E-state index in [0.29, 0.717) is 12.1 Å². The molecule has 0 aromatic carbocycles. The lowest BCUT2D eigenvalue weighted by molar-refractivity contribution is -0.125. The number of carbonyl (C=O) groups is 1. The molecular formula is C14H20N2O5. The van der Waals surface area contributed by atoms with Gasteiger partial charge in [0.05, 0.1) is 26.4 Å². The molecule has 1 aliphatic heterocycles. The second-order valence-electron chi connectivity index (χ2n) is 4.81. The van der Waals surface area contributed by atoms with E-state index in [0.717, 1.165) is 0 Å². The van der Waals surface area contributed by atoms with E-state index in [1.165, 1.54) is 18.2 Å². The van der Waals surface area contributed by atoms with Crippen molar-refractivity contribution in [3.8, 4) is 5.88 Å². The van der Waals surface area contributed by atoms with E-state index < -0.39 is 18.2 Å². The van der Waals surface area contributed by atoms with Gasteiger partial charge in [-0.2, -0.15) is 0 Å². The largest absolute Gasteiger partial charge is 0.480 e. The van der Waals surface area contributed by atoms with E-state index in [9.17, 15) is 15.0 Å². The molecule has 1 aliphatic rings. The minimum absolute atomic E-state index is 0.0691. The molecule has 1 saturated heterocycles. The number of likely N-dealkylation sites (N-methyl/N-ethyl adjacent to an activating group) is 1. The van der Waals surface area contributed by atoms with Crippen molar-refractivity contribution in [2.45, 2.75) is 25.2 Å². The predicted molar refractivity (Wildman–Crippen MR) is 74.1 cm³/mol. The van der Waals surface area contributed by atoms with Crippen LogP contribution >= 0.6 is 0 Å². The van der Waals surface area contributed by atoms with Gasteiger partial charge in [-0.25, -0.2) is 4.98 Å². The topological polar surface area (TPSA) is 92.1 Å². The first-order chi connectivity index (χ1) is 10.1. The molecule has 7 nitrogen and oxygen atoms in total. The lowest BCUT2D eigenvalue weighted by Gasteiger charge is -2.39. The Morgan fingerprint density at radius 3 is 2.95 bits per heavy atom. The van der Waals surface area contributed by atoms with Crippen LogP contribution in [0.2, 0.25) is 0 Å². The zero-order valence-electron chi connectivity index (χ0n) is 12.1. The van der Waals surface area contributed by atoms with Crippen molar-refractivity contribution in [1.82, 2.24) is 9.88 Å². The van der Waals surface area contributed by atoms with Gasteiger partial charge in [-0.15, -0.1) is 0 Å². The number of aromatic nitrogens is 1. The van der Waals surface area contributed by atoms with Gasteiger partial charge in [0.1, 0.15) is 17.8 Å². The van der Waals surface area contributed by atoms with Crippen LogP contribution in [-0.2, 0) is 4.74 Å². The first-order valence-electron chi connectivity index (χ1n) is 6.84. The van der Waals surface area contributed by atoms with Crippen molar-refractivity contribution in [2.24, 2.45) is 0 Å². The molecule has 1 aromatic heterocycles. The third kappa shape index (κ3) is 3.15. The molecule has 0 saturated carbocycles. The van der Waals surface area contributed by atoms with E-state index >= 15 is 0 Å². The highest BCUT2D eigenvalue weighted by atomic mass is 16.5. The van der Waals surface area contributed by atoms with Crippen molar-refractivity contribution in [3.05, 3.63) is 23.9 Å². The van der Waals surface area contributed by atoms with Gasteiger partial charge in [-0.1, -0.05) is 0 Å². The van der Waals surface area contributed by atoms with Crippen LogP contribution < -0.4 is 4.74 Å². The van der Waals surface area contributed by atoms with Crippen molar-refractivity contribution in [1.29, 1.82) is 0 Å². The number of carbonyl (C=O) groups excluding carboxylic acids is 1. The first-order valence-corrected chi connectivity index (χ1v) is 6.84. The van der Waals surface area contributed by atoms with Gasteiger partial charge < -0.3 is 24.6 Å². The van der Waals surface area contributed by atoms with Crippen LogP contribution in [0.4, 0.5) is 0 Å². The molecule has 1 fully saturated rings. The molecule has 2 N–H and O–H groups in total. The molecule has 0 spiro atoms. The number of aliphatic hydroxyl groups excluding tert-OH is 2. The van der Waals surface area contributed by atoms with E-state index in [4.69, 9.17) is 9.47 Å². The number of rotatable bonds is 4. The average molecular weight is 296 g/mol. The fourth-order valence-electron chi connectivity index (χ4n) is 2.44. The Bertz CT molecular complexity index is 496. The van der Waals surface area contributed by atoms with Crippen LogP contribution in [0.25, 0.3) is 0 Å². The number of nitrogens with zero attached hydrogens (tertiary/aromatic N) is 2. The highest BCUT2D eigenvalue weighted by Gasteiger charge is 2.37. The van der Waals surface area contributed by atoms with Gasteiger partial charge in [-0.3, -0.25) is 4.79 Å². The molecule has 0 radical (unpaired) electrons. The van der Waals surface area contributed by atoms with Crippen LogP contribution in [0.15, 0.2) is 18.3 Å². The predicted octanol–water partition coefficient (Wildman–Crippen LogP) is -0.327. The fraction of sp³-hybridized carbons (Fsp3) is 0.571. The highest BCUT2D eigenvalue weighted by molar-refractivity contribution is 5.96. The van der Waals surface area contributed by atoms with Crippen molar-refractivity contribution in [3.63, 3.8) is 0 Å². The van der Waals surface area contributed by atoms with E-state index in [1.807, 2.05) is 0 Å². The molecule has 1 amide bonds. The number of aliphatic hydroxyl groups is 2. The quantitative estimate of drug-likeness (QED) is 0.790. The summed E-state index contributed by atoms with van der Waals surface area (Å²) in [5.74, 6) is -0.0862. The molecule has 0 bridgehead atoms. The van der Waals surface area contributed by atoms with Gasteiger partial charge >= 0.3 is 0 Å². The standard InChI is InChI=1S/C14H20N2O5/c1-3-16(10-7-21-8-11(17)12(10)18)14(19)9-5-4-6-15-13(9)20-2/h4-6,10-12,17-18H,3,7-8H2,1-2H3/t10-,11-,12+/m1/s1. The smallest absolute Gasteiger partial charge is 0.259 e. The zero-order valence-corrected chi connectivity index (χ0v) is 12.1. The number of methoxy groups -OCH3 is 1. The molecule has 2 heterocycles. The minimum atomic E-state index is -1.04. The lowest BCUT2D eigenvalue weighted by Crippen LogP contribution is -2.57. The van der Waals surface area contributed by atoms with E-state index in [2.05, 4.69) is 4.98 Å². The third-order valence-corrected chi connectivity index (χ3v) is 3.56. The van der Waals surface area contributed by atoms with Crippen molar-refractivity contribution < 1.29 is 24.5 Å². The number of pyridine rings is 1. The van der Waals surface area contributed by atoms with Gasteiger partial charge in [0.25, 0.3) is 5.91 Å². The summed E-state index contributed by atoms with van der Waals surface area (Å²) in [7, 11) is 1.44. The highest BCUT2D eigenvalue weighted by Crippen LogP contribution is 2.21. The maximum absolute atomic E-state index is 12.7. The van der Waals surface area contributed by atoms with E-state index in [-0.39, 0.29) is 25.0 Å². The van der Waals surface area contributed by atoms with Crippen LogP contribution in [0.3, 0.4) is 0 Å². The molecular weight excluding hydrogens is 276 g/mol. The first kappa shape index (κ1) is 15.7. The summed E-state index contributed by atoms with van der Waals surface area (Å²) < 4.78 is 10.3. The summed E-state index contributed by atoms with van der Waals surface area (Å²) in [4.78, 5) is 18.1. The molecule has 1 aromatic rings. The van der Waals surface area contributed by atoms with Gasteiger partial charge in [0, 0.05) is 12.7 Å². The minimum Gasteiger partial charge on any atom is -0.480 e. The Morgan fingerprint density at radius 2 is 2.29 bits per heavy atom. The Labute approximate surface area is 123 Å². The van der Waals surface area contributed by atoms with Crippen LogP contribution in [0.1, 0.15) is 17.3 Å². The summed E-state index contributed by atoms with van der Waals surface area (Å²) in [5.41, 5.74) is 0.314. The SMILES string of the molecule is CCN(C(=O)c1cccnc1OC)[C@@H]1COC[C@@H](O)[C@H]1O. The molecule has 0 unspecified atom stereocenters. The Morgan fingerprint density at radius 1 is 1.52 bits per heavy atom. The monoisotopic (exact) mass is 296 g/mol. The maximum Gasteiger partial charge on any atom is 0.259 e. The number of hydrogen-bond acceptors (Lipinski definition) is 6. The number of ether oxygens (including phenoxy) is 2. The van der Waals surface area contributed by atoms with Crippen LogP contribution in [0, 0.1) is 0 Å². The average Bonchev–Trinajstić information content (AvgIpc) is 2.51. The molecule has 3 atom stereocenters. The molecule has 2 rings (SSSR count). The second kappa shape index (κ2) is 6.84. The third-order valence-electron chi connectivity index (χ3n) is 3.56. The molecule has 0 aliphatic carbocycles. The number of amides is 1. The van der Waals surface area contributed by atoms with Gasteiger partial charge in [0.2, 0.25) is 5.88 Å². The lowest BCUT2D eigenvalue weighted by atomic mass is 10.0. The summed E-state index contributed by atoms with van der Waals surface area (Å²) in [6.45, 7) is 2.42. The van der Waals surface area contributed by atoms with Crippen LogP contribution in [-0.4, -0.2) is 71.1 Å². The van der Waals surface area contributed by atoms with E-state index in [1.54, 1.807) is 19.1 Å². The summed E-state index contributed by atoms with van der Waals surface area (Å²) in [6, 6.07) is 2.66. The fourth-order valence-corrected chi connectivity index (χ4v) is 2.44. The second-order valence-corrected chi connectivity index (χ2v) is 4.81. The van der Waals surface area contributed by atoms with Crippen molar-refractivity contribution >= 4 is 5.91 Å². The summed E-state index contributed by atoms with van der Waals surface area (Å²) >= 11 is 0. The maximum atomic E-state index is 12.7. The van der Waals surface area contributed by atoms with Crippen LogP contribution in [0.5, 0.6) is 5.88 Å². The normalized spacial score (nSPS) is 25.4. The number of hydrogen-bond donors (Lipinski definition) is 2. The molecule has 116 valence electrons. The zero-order chi connectivity index (χ0) is 15.4. The summed E-state index contributed by atoms with van der Waals surface area (Å²) in [5, 5.41) is 19.8. The Balaban J connectivity index is 2.26. The van der Waals surface area contributed by atoms with Gasteiger partial charge in [-0.05, 0) is 19.1 Å². The molecule has 21 heavy (non-hydrogen) atoms. The van der Waals surface area contributed by atoms with Crippen molar-refractivity contribution in [2.75, 3.05) is 26.9 Å². The Hall–Kier alpha value is -1.70. The molecule has 7 heteroatoms. The summed E-state index contributed by atoms with van der Waals surface area (Å²) in [6.07, 6.45) is -0.500. The van der Waals surface area contributed by atoms with Gasteiger partial charge in [0.15, 0.2) is 0 Å². The Kier molecular flexibility index (Phi) is 5.11.